The summed E-state index contributed by atoms with van der Waals surface area (Å²) in [7, 11) is 0. The van der Waals surface area contributed by atoms with Crippen LogP contribution in [0.15, 0.2) is 24.0 Å². The number of nitrogens with one attached hydrogen (secondary N) is 2. The average molecular weight is 178 g/mol. The Kier molecular flexibility index (Phi) is 1.83. The van der Waals surface area contributed by atoms with E-state index in [2.05, 4.69) is 6.58 Å². The molecule has 0 spiro atoms. The van der Waals surface area contributed by atoms with Crippen molar-refractivity contribution in [3.63, 3.8) is 0 Å². The van der Waals surface area contributed by atoms with Gasteiger partial charge in [0, 0.05) is 11.9 Å². The fourth-order valence-corrected chi connectivity index (χ4v) is 0.718. The molecule has 0 atom stereocenters. The number of alkyl halides is 3. The van der Waals surface area contributed by atoms with Crippen LogP contribution in [0.25, 0.3) is 0 Å². The number of hydrogen-bond donors (Lipinski definition) is 2. The summed E-state index contributed by atoms with van der Waals surface area (Å²) in [6.07, 6.45) is -3.90. The summed E-state index contributed by atoms with van der Waals surface area (Å²) in [6.45, 7) is 3.05. The van der Waals surface area contributed by atoms with Crippen LogP contribution in [0.2, 0.25) is 0 Å². The molecule has 6 heteroatoms. The molecule has 66 valence electrons. The molecule has 0 bridgehead atoms. The number of urea groups is 1. The molecule has 12 heavy (non-hydrogen) atoms. The smallest absolute Gasteiger partial charge is 0.314 e. The summed E-state index contributed by atoms with van der Waals surface area (Å²) in [6, 6.07) is -0.715. The van der Waals surface area contributed by atoms with Gasteiger partial charge in [-0.05, 0) is 0 Å². The zero-order valence-corrected chi connectivity index (χ0v) is 5.83. The van der Waals surface area contributed by atoms with Crippen LogP contribution in [0.1, 0.15) is 0 Å². The maximum Gasteiger partial charge on any atom is 0.419 e. The van der Waals surface area contributed by atoms with E-state index in [1.807, 2.05) is 10.6 Å². The Morgan fingerprint density at radius 2 is 2.00 bits per heavy atom. The van der Waals surface area contributed by atoms with Gasteiger partial charge in [-0.2, -0.15) is 13.2 Å². The zero-order valence-electron chi connectivity index (χ0n) is 5.83. The molecule has 0 saturated heterocycles. The molecular formula is C6H5F3N2O. The summed E-state index contributed by atoms with van der Waals surface area (Å²) in [4.78, 5) is 10.5. The highest BCUT2D eigenvalue weighted by Crippen LogP contribution is 2.29. The summed E-state index contributed by atoms with van der Waals surface area (Å²) < 4.78 is 36.0. The van der Waals surface area contributed by atoms with Gasteiger partial charge in [0.25, 0.3) is 0 Å². The molecule has 0 unspecified atom stereocenters. The largest absolute Gasteiger partial charge is 0.419 e. The van der Waals surface area contributed by atoms with Crippen LogP contribution < -0.4 is 10.6 Å². The van der Waals surface area contributed by atoms with Crippen LogP contribution in [0.3, 0.4) is 0 Å². The van der Waals surface area contributed by atoms with Gasteiger partial charge in [-0.15, -0.1) is 0 Å². The third kappa shape index (κ3) is 1.58. The van der Waals surface area contributed by atoms with E-state index in [1.54, 1.807) is 0 Å². The molecule has 0 saturated carbocycles. The molecule has 0 fully saturated rings. The third-order valence-corrected chi connectivity index (χ3v) is 1.24. The van der Waals surface area contributed by atoms with Crippen molar-refractivity contribution in [2.75, 3.05) is 0 Å². The monoisotopic (exact) mass is 178 g/mol. The summed E-state index contributed by atoms with van der Waals surface area (Å²) in [5.74, 6) is 0. The second kappa shape index (κ2) is 2.54. The van der Waals surface area contributed by atoms with E-state index < -0.39 is 23.5 Å². The lowest BCUT2D eigenvalue weighted by Gasteiger charge is -2.19. The van der Waals surface area contributed by atoms with E-state index in [9.17, 15) is 18.0 Å². The number of amides is 2. The maximum absolute atomic E-state index is 12.0. The second-order valence-corrected chi connectivity index (χ2v) is 2.13. The van der Waals surface area contributed by atoms with Crippen molar-refractivity contribution in [1.29, 1.82) is 0 Å². The minimum atomic E-state index is -4.49. The van der Waals surface area contributed by atoms with Crippen molar-refractivity contribution < 1.29 is 18.0 Å². The van der Waals surface area contributed by atoms with E-state index in [0.29, 0.717) is 6.20 Å². The highest BCUT2D eigenvalue weighted by atomic mass is 19.4. The van der Waals surface area contributed by atoms with E-state index in [4.69, 9.17) is 0 Å². The van der Waals surface area contributed by atoms with Crippen LogP contribution >= 0.6 is 0 Å². The van der Waals surface area contributed by atoms with Gasteiger partial charge in [0.2, 0.25) is 0 Å². The number of halogens is 3. The Labute approximate surface area is 65.9 Å². The minimum Gasteiger partial charge on any atom is -0.314 e. The number of carbonyl (C=O) groups excluding carboxylic acids is 1. The molecule has 0 aromatic rings. The number of hydrogen-bond acceptors (Lipinski definition) is 1. The molecule has 2 amide bonds. The quantitative estimate of drug-likeness (QED) is 0.576. The van der Waals surface area contributed by atoms with Crippen LogP contribution in [-0.2, 0) is 0 Å². The lowest BCUT2D eigenvalue weighted by atomic mass is 10.2. The van der Waals surface area contributed by atoms with Gasteiger partial charge in [0.15, 0.2) is 0 Å². The van der Waals surface area contributed by atoms with E-state index in [1.165, 1.54) is 0 Å². The summed E-state index contributed by atoms with van der Waals surface area (Å²) >= 11 is 0. The summed E-state index contributed by atoms with van der Waals surface area (Å²) in [5, 5.41) is 3.78. The Hall–Kier alpha value is -1.46. The first kappa shape index (κ1) is 8.63. The standard InChI is InChI=1S/C6H5F3N2O/c1-3-4(6(7,8)9)2-10-5(12)11-3/h2H,1H2,(H2,10,11,12). The molecule has 1 heterocycles. The fraction of sp³-hybridized carbons (Fsp3) is 0.167. The molecule has 0 aromatic heterocycles. The highest BCUT2D eigenvalue weighted by molar-refractivity contribution is 5.80. The SMILES string of the molecule is C=C1NC(=O)NC=C1C(F)(F)F. The lowest BCUT2D eigenvalue weighted by molar-refractivity contribution is -0.0902. The highest BCUT2D eigenvalue weighted by Gasteiger charge is 2.37. The molecule has 1 aliphatic heterocycles. The van der Waals surface area contributed by atoms with Gasteiger partial charge in [0.1, 0.15) is 0 Å². The first-order valence-electron chi connectivity index (χ1n) is 2.95. The molecule has 2 N–H and O–H groups in total. The Morgan fingerprint density at radius 1 is 1.42 bits per heavy atom. The first-order valence-corrected chi connectivity index (χ1v) is 2.95. The molecule has 0 aromatic carbocycles. The van der Waals surface area contributed by atoms with E-state index >= 15 is 0 Å². The van der Waals surface area contributed by atoms with Gasteiger partial charge in [-0.25, -0.2) is 4.79 Å². The van der Waals surface area contributed by atoms with Crippen LogP contribution in [0.5, 0.6) is 0 Å². The normalized spacial score (nSPS) is 18.1. The van der Waals surface area contributed by atoms with Crippen molar-refractivity contribution in [3.05, 3.63) is 24.0 Å². The maximum atomic E-state index is 12.0. The van der Waals surface area contributed by atoms with Crippen molar-refractivity contribution >= 4 is 6.03 Å². The number of allylic oxidation sites excluding steroid dienone is 1. The Bertz CT molecular complexity index is 266. The van der Waals surface area contributed by atoms with Gasteiger partial charge < -0.3 is 10.6 Å². The fourth-order valence-electron chi connectivity index (χ4n) is 0.718. The predicted molar refractivity (Wildman–Crippen MR) is 34.9 cm³/mol. The van der Waals surface area contributed by atoms with E-state index in [0.717, 1.165) is 0 Å². The van der Waals surface area contributed by atoms with Crippen molar-refractivity contribution in [2.24, 2.45) is 0 Å². The molecule has 0 radical (unpaired) electrons. The van der Waals surface area contributed by atoms with Gasteiger partial charge >= 0.3 is 12.2 Å². The Balaban J connectivity index is 2.92. The first-order chi connectivity index (χ1) is 5.41. The van der Waals surface area contributed by atoms with Crippen LogP contribution in [-0.4, -0.2) is 12.2 Å². The van der Waals surface area contributed by atoms with Crippen molar-refractivity contribution in [3.8, 4) is 0 Å². The topological polar surface area (TPSA) is 41.1 Å². The van der Waals surface area contributed by atoms with Gasteiger partial charge in [-0.3, -0.25) is 0 Å². The lowest BCUT2D eigenvalue weighted by Crippen LogP contribution is -2.39. The molecule has 1 rings (SSSR count). The van der Waals surface area contributed by atoms with Crippen molar-refractivity contribution in [2.45, 2.75) is 6.18 Å². The molecule has 3 nitrogen and oxygen atoms in total. The zero-order chi connectivity index (χ0) is 9.35. The number of rotatable bonds is 0. The van der Waals surface area contributed by atoms with Gasteiger partial charge in [0.05, 0.1) is 5.57 Å². The van der Waals surface area contributed by atoms with Crippen molar-refractivity contribution in [1.82, 2.24) is 10.6 Å². The second-order valence-electron chi connectivity index (χ2n) is 2.13. The predicted octanol–water partition coefficient (Wildman–Crippen LogP) is 1.26. The van der Waals surface area contributed by atoms with Crippen LogP contribution in [0.4, 0.5) is 18.0 Å². The average Bonchev–Trinajstić information content (AvgIpc) is 1.83. The Morgan fingerprint density at radius 3 is 2.42 bits per heavy atom. The third-order valence-electron chi connectivity index (χ3n) is 1.24. The van der Waals surface area contributed by atoms with E-state index in [-0.39, 0.29) is 0 Å². The molecular weight excluding hydrogens is 173 g/mol. The van der Waals surface area contributed by atoms with Gasteiger partial charge in [-0.1, -0.05) is 6.58 Å². The minimum absolute atomic E-state index is 0.439. The van der Waals surface area contributed by atoms with Crippen LogP contribution in [0, 0.1) is 0 Å². The molecule has 1 aliphatic rings. The molecule has 0 aliphatic carbocycles. The summed E-state index contributed by atoms with van der Waals surface area (Å²) in [5.41, 5.74) is -1.41. The number of carbonyl (C=O) groups is 1.